The summed E-state index contributed by atoms with van der Waals surface area (Å²) in [5.74, 6) is 0.0753. The minimum absolute atomic E-state index is 0.0625. The normalized spacial score (nSPS) is 17.6. The van der Waals surface area contributed by atoms with Gasteiger partial charge in [0.25, 0.3) is 10.1 Å². The summed E-state index contributed by atoms with van der Waals surface area (Å²) in [6, 6.07) is 3.16. The Kier molecular flexibility index (Phi) is 4.21. The zero-order valence-corrected chi connectivity index (χ0v) is 12.3. The Bertz CT molecular complexity index is 621. The van der Waals surface area contributed by atoms with Gasteiger partial charge in [0.2, 0.25) is 0 Å². The minimum Gasteiger partial charge on any atom is -0.490 e. The number of alkyl halides is 3. The third kappa shape index (κ3) is 4.89. The summed E-state index contributed by atoms with van der Waals surface area (Å²) >= 11 is 0. The summed E-state index contributed by atoms with van der Waals surface area (Å²) in [6.07, 6.45) is -3.17. The fraction of sp³-hybridized carbons (Fsp3) is 0.538. The van der Waals surface area contributed by atoms with Crippen LogP contribution in [0.4, 0.5) is 13.2 Å². The van der Waals surface area contributed by atoms with E-state index < -0.39 is 28.0 Å². The van der Waals surface area contributed by atoms with Crippen molar-refractivity contribution in [2.45, 2.75) is 38.1 Å². The van der Waals surface area contributed by atoms with Crippen molar-refractivity contribution < 1.29 is 30.5 Å². The number of rotatable bonds is 5. The van der Waals surface area contributed by atoms with Crippen LogP contribution in [0.25, 0.3) is 0 Å². The third-order valence-electron chi connectivity index (χ3n) is 2.87. The van der Waals surface area contributed by atoms with Crippen LogP contribution in [-0.4, -0.2) is 20.8 Å². The molecule has 4 nitrogen and oxygen atoms in total. The van der Waals surface area contributed by atoms with E-state index in [1.165, 1.54) is 13.0 Å². The topological polar surface area (TPSA) is 52.6 Å². The molecule has 0 N–H and O–H groups in total. The van der Waals surface area contributed by atoms with E-state index >= 15 is 0 Å². The highest BCUT2D eigenvalue weighted by atomic mass is 32.2. The molecule has 1 fully saturated rings. The molecule has 0 radical (unpaired) electrons. The van der Waals surface area contributed by atoms with E-state index in [1.54, 1.807) is 0 Å². The molecule has 8 heteroatoms. The molecule has 21 heavy (non-hydrogen) atoms. The van der Waals surface area contributed by atoms with Crippen LogP contribution < -0.4 is 4.74 Å². The van der Waals surface area contributed by atoms with Crippen LogP contribution in [0.3, 0.4) is 0 Å². The second-order valence-electron chi connectivity index (χ2n) is 5.05. The monoisotopic (exact) mass is 324 g/mol. The fourth-order valence-corrected chi connectivity index (χ4v) is 2.42. The Balaban J connectivity index is 2.34. The maximum Gasteiger partial charge on any atom is 0.416 e. The summed E-state index contributed by atoms with van der Waals surface area (Å²) in [5.41, 5.74) is -0.787. The second kappa shape index (κ2) is 5.49. The van der Waals surface area contributed by atoms with Crippen molar-refractivity contribution in [2.24, 2.45) is 0 Å². The first-order chi connectivity index (χ1) is 9.54. The van der Waals surface area contributed by atoms with Gasteiger partial charge < -0.3 is 4.74 Å². The molecule has 0 heterocycles. The van der Waals surface area contributed by atoms with Gasteiger partial charge in [-0.25, -0.2) is 0 Å². The summed E-state index contributed by atoms with van der Waals surface area (Å²) in [5, 5.41) is 0. The SMILES string of the molecule is CC(OS(C)(=O)=O)c1cc(OC2CC2)cc(C(F)(F)F)c1. The first-order valence-electron chi connectivity index (χ1n) is 6.32. The molecule has 1 aromatic carbocycles. The van der Waals surface area contributed by atoms with Crippen LogP contribution in [0.5, 0.6) is 5.75 Å². The van der Waals surface area contributed by atoms with Crippen LogP contribution in [0.1, 0.15) is 37.0 Å². The molecule has 0 amide bonds. The van der Waals surface area contributed by atoms with Crippen LogP contribution >= 0.6 is 0 Å². The Hall–Kier alpha value is -1.28. The largest absolute Gasteiger partial charge is 0.490 e. The van der Waals surface area contributed by atoms with E-state index in [9.17, 15) is 21.6 Å². The molecular weight excluding hydrogens is 309 g/mol. The predicted octanol–water partition coefficient (Wildman–Crippen LogP) is 3.28. The molecule has 1 atom stereocenters. The molecule has 2 rings (SSSR count). The zero-order chi connectivity index (χ0) is 15.8. The van der Waals surface area contributed by atoms with Crippen molar-refractivity contribution in [1.29, 1.82) is 0 Å². The van der Waals surface area contributed by atoms with Crippen LogP contribution in [0.15, 0.2) is 18.2 Å². The zero-order valence-electron chi connectivity index (χ0n) is 11.5. The summed E-state index contributed by atoms with van der Waals surface area (Å²) in [7, 11) is -3.77. The van der Waals surface area contributed by atoms with E-state index in [1.807, 2.05) is 0 Å². The summed E-state index contributed by atoms with van der Waals surface area (Å²) in [4.78, 5) is 0. The Labute approximate surface area is 121 Å². The van der Waals surface area contributed by atoms with Gasteiger partial charge in [0.1, 0.15) is 5.75 Å². The second-order valence-corrected chi connectivity index (χ2v) is 6.65. The highest BCUT2D eigenvalue weighted by Gasteiger charge is 2.33. The van der Waals surface area contributed by atoms with Gasteiger partial charge in [-0.05, 0) is 43.5 Å². The summed E-state index contributed by atoms with van der Waals surface area (Å²) in [6.45, 7) is 1.37. The highest BCUT2D eigenvalue weighted by molar-refractivity contribution is 7.86. The van der Waals surface area contributed by atoms with Gasteiger partial charge in [-0.2, -0.15) is 21.6 Å². The third-order valence-corrected chi connectivity index (χ3v) is 3.51. The van der Waals surface area contributed by atoms with Gasteiger partial charge in [0.15, 0.2) is 0 Å². The van der Waals surface area contributed by atoms with E-state index in [0.29, 0.717) is 0 Å². The number of hydrogen-bond donors (Lipinski definition) is 0. The smallest absolute Gasteiger partial charge is 0.416 e. The number of hydrogen-bond acceptors (Lipinski definition) is 4. The average Bonchev–Trinajstić information content (AvgIpc) is 3.09. The summed E-state index contributed by atoms with van der Waals surface area (Å²) < 4.78 is 70.9. The molecule has 0 spiro atoms. The Morgan fingerprint density at radius 3 is 2.33 bits per heavy atom. The van der Waals surface area contributed by atoms with Gasteiger partial charge in [-0.15, -0.1) is 0 Å². The molecular formula is C13H15F3O4S. The quantitative estimate of drug-likeness (QED) is 0.780. The van der Waals surface area contributed by atoms with Crippen molar-refractivity contribution in [3.63, 3.8) is 0 Å². The minimum atomic E-state index is -4.54. The molecule has 1 aliphatic carbocycles. The molecule has 0 bridgehead atoms. The molecule has 0 saturated heterocycles. The molecule has 0 aromatic heterocycles. The molecule has 1 aromatic rings. The van der Waals surface area contributed by atoms with Crippen LogP contribution in [0, 0.1) is 0 Å². The lowest BCUT2D eigenvalue weighted by molar-refractivity contribution is -0.137. The lowest BCUT2D eigenvalue weighted by Crippen LogP contribution is -2.11. The van der Waals surface area contributed by atoms with Crippen molar-refractivity contribution in [1.82, 2.24) is 0 Å². The van der Waals surface area contributed by atoms with Gasteiger partial charge >= 0.3 is 6.18 Å². The molecule has 1 saturated carbocycles. The van der Waals surface area contributed by atoms with Crippen molar-refractivity contribution in [3.05, 3.63) is 29.3 Å². The van der Waals surface area contributed by atoms with Crippen LogP contribution in [0.2, 0.25) is 0 Å². The maximum atomic E-state index is 12.9. The lowest BCUT2D eigenvalue weighted by Gasteiger charge is -2.16. The number of ether oxygens (including phenoxy) is 1. The van der Waals surface area contributed by atoms with E-state index in [2.05, 4.69) is 0 Å². The average molecular weight is 324 g/mol. The standard InChI is InChI=1S/C13H15F3O4S/c1-8(20-21(2,17)18)9-5-10(13(14,15)16)7-12(6-9)19-11-3-4-11/h5-8,11H,3-4H2,1-2H3. The van der Waals surface area contributed by atoms with Gasteiger partial charge in [-0.1, -0.05) is 0 Å². The van der Waals surface area contributed by atoms with Gasteiger partial charge in [-0.3, -0.25) is 4.18 Å². The number of benzene rings is 1. The van der Waals surface area contributed by atoms with Gasteiger partial charge in [0.05, 0.1) is 24.0 Å². The molecule has 118 valence electrons. The van der Waals surface area contributed by atoms with Gasteiger partial charge in [0, 0.05) is 0 Å². The van der Waals surface area contributed by atoms with Crippen molar-refractivity contribution >= 4 is 10.1 Å². The Morgan fingerprint density at radius 1 is 1.24 bits per heavy atom. The van der Waals surface area contributed by atoms with E-state index in [4.69, 9.17) is 8.92 Å². The lowest BCUT2D eigenvalue weighted by atomic mass is 10.1. The van der Waals surface area contributed by atoms with E-state index in [-0.39, 0.29) is 17.4 Å². The highest BCUT2D eigenvalue weighted by Crippen LogP contribution is 2.36. The molecule has 0 aliphatic heterocycles. The maximum absolute atomic E-state index is 12.9. The van der Waals surface area contributed by atoms with Crippen LogP contribution in [-0.2, 0) is 20.5 Å². The first-order valence-corrected chi connectivity index (χ1v) is 8.13. The molecule has 1 unspecified atom stereocenters. The predicted molar refractivity (Wildman–Crippen MR) is 69.4 cm³/mol. The van der Waals surface area contributed by atoms with Crippen molar-refractivity contribution in [2.75, 3.05) is 6.26 Å². The number of halogens is 3. The molecule has 1 aliphatic rings. The van der Waals surface area contributed by atoms with Crippen molar-refractivity contribution in [3.8, 4) is 5.75 Å². The van der Waals surface area contributed by atoms with E-state index in [0.717, 1.165) is 31.2 Å². The fourth-order valence-electron chi connectivity index (χ4n) is 1.78. The Morgan fingerprint density at radius 2 is 1.86 bits per heavy atom. The first kappa shape index (κ1) is 16.1.